The van der Waals surface area contributed by atoms with E-state index in [2.05, 4.69) is 0 Å². The molecule has 7 heteroatoms. The molecule has 0 amide bonds. The first-order valence-corrected chi connectivity index (χ1v) is 15.6. The van der Waals surface area contributed by atoms with Crippen molar-refractivity contribution in [2.45, 2.75) is 79.1 Å². The lowest BCUT2D eigenvalue weighted by atomic mass is 10.4. The second kappa shape index (κ2) is 6.05. The van der Waals surface area contributed by atoms with Crippen molar-refractivity contribution in [3.8, 4) is 0 Å². The topological polar surface area (TPSA) is 6.48 Å². The summed E-state index contributed by atoms with van der Waals surface area (Å²) in [5, 5.41) is 0. The number of hydrogen-bond acceptors (Lipinski definition) is 2. The highest BCUT2D eigenvalue weighted by Crippen LogP contribution is 2.33. The van der Waals surface area contributed by atoms with Crippen LogP contribution in [0.1, 0.15) is 27.7 Å². The zero-order valence-corrected chi connectivity index (χ0v) is 17.3. The summed E-state index contributed by atoms with van der Waals surface area (Å²) in [6, 6.07) is -0.183. The molecule has 0 aromatic rings. The molecule has 0 aliphatic heterocycles. The van der Waals surface area contributed by atoms with Gasteiger partial charge in [0.2, 0.25) is 0 Å². The third-order valence-corrected chi connectivity index (χ3v) is 14.8. The summed E-state index contributed by atoms with van der Waals surface area (Å²) in [5.74, 6) is 0. The summed E-state index contributed by atoms with van der Waals surface area (Å²) < 4.78 is 33.8. The van der Waals surface area contributed by atoms with Gasteiger partial charge in [0, 0.05) is 0 Å². The molecule has 0 N–H and O–H groups in total. The second-order valence-electron chi connectivity index (χ2n) is 7.78. The lowest BCUT2D eigenvalue weighted by Crippen LogP contribution is -2.75. The van der Waals surface area contributed by atoms with Crippen LogP contribution in [0.15, 0.2) is 0 Å². The minimum Gasteiger partial charge on any atom is -0.281 e. The fourth-order valence-corrected chi connectivity index (χ4v) is 15.1. The summed E-state index contributed by atoms with van der Waals surface area (Å²) in [4.78, 5) is 0. The number of nitrogens with zero attached hydrogens (tertiary/aromatic N) is 2. The average molecular weight is 327 g/mol. The van der Waals surface area contributed by atoms with E-state index >= 15 is 8.22 Å². The highest BCUT2D eigenvalue weighted by Gasteiger charge is 2.59. The molecule has 0 aromatic heterocycles. The third-order valence-electron chi connectivity index (χ3n) is 3.06. The number of hydrogen-bond donors (Lipinski definition) is 0. The molecule has 0 rings (SSSR count). The van der Waals surface area contributed by atoms with Crippen LogP contribution in [0, 0.1) is 0 Å². The fraction of sp³-hybridized carbons (Fsp3) is 1.00. The third kappa shape index (κ3) is 4.73. The van der Waals surface area contributed by atoms with E-state index in [-0.39, 0.29) is 12.1 Å². The van der Waals surface area contributed by atoms with Gasteiger partial charge in [-0.15, -0.1) is 0 Å². The summed E-state index contributed by atoms with van der Waals surface area (Å²) >= 11 is 0. The Morgan fingerprint density at radius 3 is 0.947 bits per heavy atom. The van der Waals surface area contributed by atoms with Gasteiger partial charge in [0.1, 0.15) is 16.5 Å². The molecule has 0 saturated heterocycles. The van der Waals surface area contributed by atoms with Crippen molar-refractivity contribution in [1.82, 2.24) is 8.46 Å². The first-order chi connectivity index (χ1) is 8.13. The maximum Gasteiger partial charge on any atom is 0.586 e. The van der Waals surface area contributed by atoms with Crippen LogP contribution in [-0.4, -0.2) is 46.1 Å². The van der Waals surface area contributed by atoms with Gasteiger partial charge in [-0.05, 0) is 12.1 Å². The van der Waals surface area contributed by atoms with Crippen LogP contribution in [0.4, 0.5) is 8.22 Å². The van der Waals surface area contributed by atoms with E-state index in [0.717, 1.165) is 0 Å². The van der Waals surface area contributed by atoms with E-state index in [1.165, 1.54) is 0 Å². The Labute approximate surface area is 121 Å². The molecule has 19 heavy (non-hydrogen) atoms. The molecule has 116 valence electrons. The monoisotopic (exact) mass is 326 g/mol. The molecule has 0 heterocycles. The van der Waals surface area contributed by atoms with E-state index < -0.39 is 25.5 Å². The Balaban J connectivity index is 5.75. The van der Waals surface area contributed by atoms with E-state index in [4.69, 9.17) is 0 Å². The van der Waals surface area contributed by atoms with Crippen molar-refractivity contribution in [2.75, 3.05) is 0 Å². The van der Waals surface area contributed by atoms with Crippen molar-refractivity contribution < 1.29 is 8.22 Å². The van der Waals surface area contributed by atoms with Crippen LogP contribution >= 0.6 is 0 Å². The van der Waals surface area contributed by atoms with Gasteiger partial charge < -0.3 is 0 Å². The maximum absolute atomic E-state index is 15.3. The van der Waals surface area contributed by atoms with Crippen LogP contribution in [0.25, 0.3) is 0 Å². The molecular formula is C12H32F2N2Si3. The molecule has 0 saturated carbocycles. The van der Waals surface area contributed by atoms with E-state index in [1.54, 1.807) is 8.46 Å². The molecule has 0 bridgehead atoms. The molecule has 0 atom stereocenters. The first-order valence-electron chi connectivity index (χ1n) is 7.10. The SMILES string of the molecule is CC(C)N([Si](C)(C)C)[Si](F)(F)N(C(C)C)[Si](C)(C)C. The van der Waals surface area contributed by atoms with Gasteiger partial charge in [-0.1, -0.05) is 67.0 Å². The Bertz CT molecular complexity index is 268. The molecule has 0 aliphatic rings. The van der Waals surface area contributed by atoms with E-state index in [0.29, 0.717) is 0 Å². The molecule has 0 fully saturated rings. The zero-order chi connectivity index (χ0) is 15.8. The normalized spacial score (nSPS) is 15.2. The van der Waals surface area contributed by atoms with Crippen LogP contribution in [0.3, 0.4) is 0 Å². The minimum atomic E-state index is -4.57. The molecule has 2 nitrogen and oxygen atoms in total. The Kier molecular flexibility index (Phi) is 6.18. The lowest BCUT2D eigenvalue weighted by Gasteiger charge is -2.50. The van der Waals surface area contributed by atoms with Crippen molar-refractivity contribution >= 4 is 25.5 Å². The number of rotatable bonds is 6. The van der Waals surface area contributed by atoms with Gasteiger partial charge in [0.15, 0.2) is 0 Å². The number of halogens is 2. The quantitative estimate of drug-likeness (QED) is 0.525. The fourth-order valence-electron chi connectivity index (χ4n) is 3.09. The van der Waals surface area contributed by atoms with Gasteiger partial charge >= 0.3 is 9.06 Å². The smallest absolute Gasteiger partial charge is 0.281 e. The van der Waals surface area contributed by atoms with Crippen LogP contribution in [-0.2, 0) is 0 Å². The van der Waals surface area contributed by atoms with Crippen molar-refractivity contribution in [3.05, 3.63) is 0 Å². The summed E-state index contributed by atoms with van der Waals surface area (Å²) in [7, 11) is -8.66. The minimum absolute atomic E-state index is 0.0917. The summed E-state index contributed by atoms with van der Waals surface area (Å²) in [6.45, 7) is 19.8. The largest absolute Gasteiger partial charge is 0.586 e. The Morgan fingerprint density at radius 2 is 0.842 bits per heavy atom. The lowest BCUT2D eigenvalue weighted by molar-refractivity contribution is 0.292. The highest BCUT2D eigenvalue weighted by atomic mass is 28.5. The van der Waals surface area contributed by atoms with Crippen LogP contribution in [0.5, 0.6) is 0 Å². The van der Waals surface area contributed by atoms with Gasteiger partial charge in [-0.2, -0.15) is 0 Å². The van der Waals surface area contributed by atoms with Crippen LogP contribution in [0.2, 0.25) is 39.3 Å². The Morgan fingerprint density at radius 1 is 0.632 bits per heavy atom. The highest BCUT2D eigenvalue weighted by molar-refractivity contribution is 6.91. The standard InChI is InChI=1S/C12H32F2N2Si3/c1-11(2)15(17(5,6)7)19(13,14)16(12(3)4)18(8,9)10/h11-12H,1-10H3. The van der Waals surface area contributed by atoms with Crippen molar-refractivity contribution in [2.24, 2.45) is 0 Å². The predicted octanol–water partition coefficient (Wildman–Crippen LogP) is 4.45. The van der Waals surface area contributed by atoms with Crippen molar-refractivity contribution in [1.29, 1.82) is 0 Å². The molecular weight excluding hydrogens is 294 g/mol. The van der Waals surface area contributed by atoms with E-state index in [9.17, 15) is 0 Å². The van der Waals surface area contributed by atoms with Crippen LogP contribution < -0.4 is 0 Å². The molecule has 0 aromatic carbocycles. The summed E-state index contributed by atoms with van der Waals surface area (Å²) in [5.41, 5.74) is 0. The van der Waals surface area contributed by atoms with Crippen molar-refractivity contribution in [3.63, 3.8) is 0 Å². The molecule has 0 aliphatic carbocycles. The molecule has 0 spiro atoms. The van der Waals surface area contributed by atoms with Gasteiger partial charge in [0.25, 0.3) is 0 Å². The maximum atomic E-state index is 15.3. The van der Waals surface area contributed by atoms with Gasteiger partial charge in [-0.25, -0.2) is 8.22 Å². The molecule has 0 unspecified atom stereocenters. The van der Waals surface area contributed by atoms with Gasteiger partial charge in [-0.3, -0.25) is 8.46 Å². The predicted molar refractivity (Wildman–Crippen MR) is 88.6 cm³/mol. The Hall–Kier alpha value is 0.431. The average Bonchev–Trinajstić information content (AvgIpc) is 1.90. The van der Waals surface area contributed by atoms with E-state index in [1.807, 2.05) is 67.0 Å². The summed E-state index contributed by atoms with van der Waals surface area (Å²) in [6.07, 6.45) is 0. The zero-order valence-electron chi connectivity index (χ0n) is 14.3. The molecule has 0 radical (unpaired) electrons. The first kappa shape index (κ1) is 19.4. The second-order valence-corrected chi connectivity index (χ2v) is 20.3. The van der Waals surface area contributed by atoms with Gasteiger partial charge in [0.05, 0.1) is 0 Å².